The first-order valence-electron chi connectivity index (χ1n) is 16.4. The second-order valence-electron chi connectivity index (χ2n) is 17.7. The molecule has 3 heteroatoms. The van der Waals surface area contributed by atoms with Crippen LogP contribution >= 0.6 is 0 Å². The second kappa shape index (κ2) is 12.8. The summed E-state index contributed by atoms with van der Waals surface area (Å²) in [4.78, 5) is 0. The van der Waals surface area contributed by atoms with Crippen molar-refractivity contribution in [2.45, 2.75) is 133 Å². The van der Waals surface area contributed by atoms with Gasteiger partial charge in [0.1, 0.15) is 0 Å². The van der Waals surface area contributed by atoms with E-state index in [-0.39, 0.29) is 72.7 Å². The molecule has 0 saturated carbocycles. The van der Waals surface area contributed by atoms with Crippen molar-refractivity contribution in [2.75, 3.05) is 0 Å². The zero-order chi connectivity index (χ0) is 30.6. The molecule has 0 saturated heterocycles. The smallest absolute Gasteiger partial charge is 1.00 e. The molecular weight excluding hydrogens is 655 g/mol. The fourth-order valence-electron chi connectivity index (χ4n) is 9.00. The van der Waals surface area contributed by atoms with Gasteiger partial charge in [-0.05, 0) is 111 Å². The van der Waals surface area contributed by atoms with Gasteiger partial charge in [0.05, 0.1) is 0 Å². The summed E-state index contributed by atoms with van der Waals surface area (Å²) in [5.41, 5.74) is 17.7. The van der Waals surface area contributed by atoms with Crippen molar-refractivity contribution in [3.05, 3.63) is 80.4 Å². The number of hydrogen-bond acceptors (Lipinski definition) is 0. The molecule has 0 spiro atoms. The number of fused-ring (bicyclic) bond motifs is 3. The molecule has 44 heavy (non-hydrogen) atoms. The molecule has 3 aliphatic rings. The van der Waals surface area contributed by atoms with Crippen LogP contribution < -0.4 is 24.8 Å². The second-order valence-corrected chi connectivity index (χ2v) is 17.7. The van der Waals surface area contributed by atoms with Crippen LogP contribution in [0, 0.1) is 42.4 Å². The van der Waals surface area contributed by atoms with Crippen molar-refractivity contribution < 1.29 is 51.0 Å². The summed E-state index contributed by atoms with van der Waals surface area (Å²) in [5.74, 6) is 2.24. The van der Waals surface area contributed by atoms with Gasteiger partial charge in [-0.1, -0.05) is 131 Å². The Kier molecular flexibility index (Phi) is 11.5. The molecule has 0 amide bonds. The largest absolute Gasteiger partial charge is 2.00 e. The number of benzene rings is 2. The summed E-state index contributed by atoms with van der Waals surface area (Å²) >= 11 is 0. The van der Waals surface area contributed by atoms with Crippen molar-refractivity contribution in [1.29, 1.82) is 0 Å². The van der Waals surface area contributed by atoms with E-state index in [0.29, 0.717) is 23.7 Å². The van der Waals surface area contributed by atoms with E-state index >= 15 is 0 Å². The SMILES string of the molecule is Cc1cc2c(cc1C(C)(C)C)-c1cc(C(C)(C)C)c(C)cc1C2C1(C(C)C)CC(C(C)C)C2=C1C=C(C(C)(C)C)C2.[Cl-].[Cl-].[Zr+2]. The Bertz CT molecular complexity index is 1400. The molecule has 0 N–H and O–H groups in total. The van der Waals surface area contributed by atoms with E-state index in [4.69, 9.17) is 0 Å². The van der Waals surface area contributed by atoms with E-state index in [9.17, 15) is 0 Å². The molecule has 0 fully saturated rings. The van der Waals surface area contributed by atoms with Gasteiger partial charge in [0.2, 0.25) is 0 Å². The molecule has 0 aliphatic heterocycles. The minimum absolute atomic E-state index is 0. The van der Waals surface area contributed by atoms with Gasteiger partial charge in [0, 0.05) is 11.3 Å². The maximum absolute atomic E-state index is 2.70. The summed E-state index contributed by atoms with van der Waals surface area (Å²) in [5, 5.41) is 0. The van der Waals surface area contributed by atoms with Gasteiger partial charge in [0.15, 0.2) is 0 Å². The van der Waals surface area contributed by atoms with Crippen LogP contribution in [-0.4, -0.2) is 0 Å². The van der Waals surface area contributed by atoms with E-state index in [1.807, 2.05) is 0 Å². The fourth-order valence-corrected chi connectivity index (χ4v) is 9.00. The molecular formula is C41H58Cl2Zr. The molecule has 3 aliphatic carbocycles. The minimum atomic E-state index is 0. The first-order chi connectivity index (χ1) is 18.7. The number of allylic oxidation sites excluding steroid dienone is 4. The Hall–Kier alpha value is -0.617. The molecule has 2 aromatic rings. The molecule has 2 aromatic carbocycles. The summed E-state index contributed by atoms with van der Waals surface area (Å²) in [6, 6.07) is 10.4. The molecule has 2 unspecified atom stereocenters. The van der Waals surface area contributed by atoms with E-state index < -0.39 is 0 Å². The van der Waals surface area contributed by atoms with Crippen molar-refractivity contribution in [3.63, 3.8) is 0 Å². The van der Waals surface area contributed by atoms with Gasteiger partial charge < -0.3 is 24.8 Å². The molecule has 0 bridgehead atoms. The van der Waals surface area contributed by atoms with Gasteiger partial charge >= 0.3 is 26.2 Å². The average molecular weight is 713 g/mol. The van der Waals surface area contributed by atoms with Gasteiger partial charge in [0.25, 0.3) is 0 Å². The van der Waals surface area contributed by atoms with Gasteiger partial charge in [-0.15, -0.1) is 0 Å². The first-order valence-corrected chi connectivity index (χ1v) is 16.4. The van der Waals surface area contributed by atoms with Gasteiger partial charge in [-0.3, -0.25) is 0 Å². The van der Waals surface area contributed by atoms with Crippen molar-refractivity contribution >= 4 is 0 Å². The molecule has 0 heterocycles. The Balaban J connectivity index is 0.00000225. The van der Waals surface area contributed by atoms with Crippen molar-refractivity contribution in [1.82, 2.24) is 0 Å². The standard InChI is InChI=1S/C41H58.2ClH.Zr/c1-23(2)33-22-41(24(3)4,36-19-27(18-30(33)36)38(7,8)9)37-31-16-25(5)34(39(10,11)12)20-28(31)29-21-35(40(13,14)15)26(6)17-32(29)37;;;/h16-17,19-21,23-24,33,37H,18,22H2,1-15H3;2*1H;/q;;;+2/p-2. The van der Waals surface area contributed by atoms with E-state index in [2.05, 4.69) is 134 Å². The molecule has 240 valence electrons. The Labute approximate surface area is 302 Å². The average Bonchev–Trinajstić information content (AvgIpc) is 3.45. The van der Waals surface area contributed by atoms with Gasteiger partial charge in [-0.25, -0.2) is 0 Å². The summed E-state index contributed by atoms with van der Waals surface area (Å²) in [6.45, 7) is 36.2. The van der Waals surface area contributed by atoms with Crippen LogP contribution in [0.4, 0.5) is 0 Å². The number of rotatable bonds is 3. The van der Waals surface area contributed by atoms with Crippen molar-refractivity contribution in [2.24, 2.45) is 28.6 Å². The van der Waals surface area contributed by atoms with Crippen LogP contribution in [0.2, 0.25) is 0 Å². The Morgan fingerprint density at radius 3 is 1.45 bits per heavy atom. The first kappa shape index (κ1) is 39.6. The summed E-state index contributed by atoms with van der Waals surface area (Å²) < 4.78 is 0. The predicted octanol–water partition coefficient (Wildman–Crippen LogP) is 6.01. The van der Waals surface area contributed by atoms with Crippen molar-refractivity contribution in [3.8, 4) is 11.1 Å². The van der Waals surface area contributed by atoms with Crippen LogP contribution in [0.25, 0.3) is 11.1 Å². The Morgan fingerprint density at radius 1 is 0.682 bits per heavy atom. The third kappa shape index (κ3) is 6.19. The zero-order valence-electron chi connectivity index (χ0n) is 30.4. The topological polar surface area (TPSA) is 0 Å². The predicted molar refractivity (Wildman–Crippen MR) is 180 cm³/mol. The number of halogens is 2. The van der Waals surface area contributed by atoms with Crippen LogP contribution in [0.15, 0.2) is 47.1 Å². The van der Waals surface area contributed by atoms with Crippen LogP contribution in [0.1, 0.15) is 142 Å². The summed E-state index contributed by atoms with van der Waals surface area (Å²) in [6.07, 6.45) is 5.14. The van der Waals surface area contributed by atoms with Gasteiger partial charge in [-0.2, -0.15) is 0 Å². The van der Waals surface area contributed by atoms with E-state index in [1.165, 1.54) is 46.2 Å². The zero-order valence-corrected chi connectivity index (χ0v) is 34.3. The third-order valence-electron chi connectivity index (χ3n) is 11.2. The number of hydrogen-bond donors (Lipinski definition) is 0. The fraction of sp³-hybridized carbons (Fsp3) is 0.610. The van der Waals surface area contributed by atoms with E-state index in [1.54, 1.807) is 27.8 Å². The number of aryl methyl sites for hydroxylation is 2. The van der Waals surface area contributed by atoms with Crippen LogP contribution in [0.5, 0.6) is 0 Å². The Morgan fingerprint density at radius 2 is 1.11 bits per heavy atom. The molecule has 2 atom stereocenters. The normalized spacial score (nSPS) is 21.5. The van der Waals surface area contributed by atoms with Crippen LogP contribution in [-0.2, 0) is 37.0 Å². The third-order valence-corrected chi connectivity index (χ3v) is 11.2. The molecule has 0 nitrogen and oxygen atoms in total. The monoisotopic (exact) mass is 710 g/mol. The molecule has 0 radical (unpaired) electrons. The van der Waals surface area contributed by atoms with E-state index in [0.717, 1.165) is 0 Å². The maximum Gasteiger partial charge on any atom is 2.00 e. The molecule has 5 rings (SSSR count). The van der Waals surface area contributed by atoms with Crippen LogP contribution in [0.3, 0.4) is 0 Å². The minimum Gasteiger partial charge on any atom is -1.00 e. The summed E-state index contributed by atoms with van der Waals surface area (Å²) in [7, 11) is 0. The molecule has 0 aromatic heterocycles. The maximum atomic E-state index is 2.70. The quantitative estimate of drug-likeness (QED) is 0.366.